The Morgan fingerprint density at radius 3 is 2.33 bits per heavy atom. The quantitative estimate of drug-likeness (QED) is 0.592. The molecule has 2 aliphatic heterocycles. The predicted molar refractivity (Wildman–Crippen MR) is 59.3 cm³/mol. The van der Waals surface area contributed by atoms with E-state index >= 15 is 0 Å². The van der Waals surface area contributed by atoms with Crippen LogP contribution in [0.3, 0.4) is 0 Å². The summed E-state index contributed by atoms with van der Waals surface area (Å²) in [5, 5.41) is 19.3. The molecule has 1 aliphatic carbocycles. The molecule has 3 aliphatic rings. The van der Waals surface area contributed by atoms with Crippen molar-refractivity contribution in [3.63, 3.8) is 0 Å². The number of nitrogens with one attached hydrogen (secondary N) is 1. The second kappa shape index (κ2) is 2.85. The van der Waals surface area contributed by atoms with Crippen LogP contribution in [0.1, 0.15) is 20.3 Å². The molecule has 0 amide bonds. The normalized spacial score (nSPS) is 47.2. The standard InChI is InChI=1S/C12H14N4O2/c1-3-9(2)10(6-13)8(15)16-12(11(9,10)7-14)17-4-5-18-12/h3-5H2,1-2H3,(H2,15,16)/p+1/t9-,10-,11+/m0/s1. The average Bonchev–Trinajstić information content (AvgIpc) is 2.69. The SMILES string of the molecule is CC[C@@]1(C)[C@]2(C#N)C(N)=[NH+]C3(OCCO3)[C@]12C#N. The molecule has 0 aromatic carbocycles. The Kier molecular flexibility index (Phi) is 1.81. The molecule has 3 N–H and O–H groups in total. The van der Waals surface area contributed by atoms with Gasteiger partial charge in [0.25, 0.3) is 5.84 Å². The topological polar surface area (TPSA) is 106 Å². The fraction of sp³-hybridized carbons (Fsp3) is 0.750. The smallest absolute Gasteiger partial charge is 0.311 e. The molecule has 1 saturated carbocycles. The summed E-state index contributed by atoms with van der Waals surface area (Å²) in [7, 11) is 0. The van der Waals surface area contributed by atoms with Crippen LogP contribution in [0.25, 0.3) is 0 Å². The molecule has 6 nitrogen and oxygen atoms in total. The van der Waals surface area contributed by atoms with E-state index in [1.165, 1.54) is 0 Å². The van der Waals surface area contributed by atoms with E-state index in [1.54, 1.807) is 0 Å². The third-order valence-electron chi connectivity index (χ3n) is 5.09. The number of fused-ring (bicyclic) bond motifs is 2. The van der Waals surface area contributed by atoms with E-state index in [1.807, 2.05) is 13.8 Å². The van der Waals surface area contributed by atoms with Gasteiger partial charge >= 0.3 is 5.91 Å². The first-order chi connectivity index (χ1) is 8.52. The highest BCUT2D eigenvalue weighted by atomic mass is 16.8. The molecular weight excluding hydrogens is 232 g/mol. The number of nitrogens with two attached hydrogens (primary N) is 1. The van der Waals surface area contributed by atoms with Crippen LogP contribution in [-0.2, 0) is 9.47 Å². The zero-order chi connectivity index (χ0) is 13.2. The van der Waals surface area contributed by atoms with Crippen LogP contribution in [-0.4, -0.2) is 25.0 Å². The largest absolute Gasteiger partial charge is 0.343 e. The van der Waals surface area contributed by atoms with Gasteiger partial charge in [-0.2, -0.15) is 10.5 Å². The molecule has 18 heavy (non-hydrogen) atoms. The number of ether oxygens (including phenoxy) is 2. The van der Waals surface area contributed by atoms with E-state index in [2.05, 4.69) is 17.1 Å². The van der Waals surface area contributed by atoms with Gasteiger partial charge < -0.3 is 9.47 Å². The van der Waals surface area contributed by atoms with E-state index in [4.69, 9.17) is 15.2 Å². The predicted octanol–water partition coefficient (Wildman–Crippen LogP) is -1.41. The van der Waals surface area contributed by atoms with Crippen LogP contribution >= 0.6 is 0 Å². The summed E-state index contributed by atoms with van der Waals surface area (Å²) < 4.78 is 11.3. The van der Waals surface area contributed by atoms with Crippen LogP contribution in [0.5, 0.6) is 0 Å². The van der Waals surface area contributed by atoms with E-state index in [9.17, 15) is 10.5 Å². The Balaban J connectivity index is 2.28. The van der Waals surface area contributed by atoms with Crippen molar-refractivity contribution in [1.82, 2.24) is 0 Å². The number of hydrogen-bond donors (Lipinski definition) is 2. The maximum Gasteiger partial charge on any atom is 0.343 e. The molecule has 2 fully saturated rings. The van der Waals surface area contributed by atoms with Gasteiger partial charge in [-0.25, -0.2) is 4.99 Å². The molecule has 6 heteroatoms. The van der Waals surface area contributed by atoms with Gasteiger partial charge in [0.2, 0.25) is 0 Å². The zero-order valence-electron chi connectivity index (χ0n) is 10.4. The van der Waals surface area contributed by atoms with Crippen molar-refractivity contribution in [3.8, 4) is 12.1 Å². The van der Waals surface area contributed by atoms with E-state index in [0.29, 0.717) is 19.6 Å². The first kappa shape index (κ1) is 11.5. The molecule has 1 spiro atoms. The molecule has 94 valence electrons. The maximum atomic E-state index is 9.70. The third-order valence-corrected chi connectivity index (χ3v) is 5.09. The fourth-order valence-electron chi connectivity index (χ4n) is 4.04. The monoisotopic (exact) mass is 247 g/mol. The molecular formula is C12H15N4O2+. The summed E-state index contributed by atoms with van der Waals surface area (Å²) in [6.45, 7) is 4.64. The minimum absolute atomic E-state index is 0.290. The van der Waals surface area contributed by atoms with Gasteiger partial charge in [-0.05, 0) is 6.42 Å². The van der Waals surface area contributed by atoms with Crippen molar-refractivity contribution >= 4 is 5.84 Å². The minimum Gasteiger partial charge on any atom is -0.311 e. The van der Waals surface area contributed by atoms with Gasteiger partial charge in [-0.1, -0.05) is 13.8 Å². The summed E-state index contributed by atoms with van der Waals surface area (Å²) >= 11 is 0. The first-order valence-electron chi connectivity index (χ1n) is 6.03. The third kappa shape index (κ3) is 0.682. The zero-order valence-corrected chi connectivity index (χ0v) is 10.4. The molecule has 0 bridgehead atoms. The van der Waals surface area contributed by atoms with Crippen molar-refractivity contribution in [2.24, 2.45) is 22.0 Å². The Morgan fingerprint density at radius 2 is 1.94 bits per heavy atom. The van der Waals surface area contributed by atoms with Gasteiger partial charge in [-0.3, -0.25) is 5.73 Å². The summed E-state index contributed by atoms with van der Waals surface area (Å²) in [4.78, 5) is 2.91. The van der Waals surface area contributed by atoms with Gasteiger partial charge in [0.05, 0.1) is 25.4 Å². The summed E-state index contributed by atoms with van der Waals surface area (Å²) in [5.74, 6) is -0.968. The first-order valence-corrected chi connectivity index (χ1v) is 6.03. The van der Waals surface area contributed by atoms with Gasteiger partial charge in [-0.15, -0.1) is 0 Å². The lowest BCUT2D eigenvalue weighted by molar-refractivity contribution is -0.678. The van der Waals surface area contributed by atoms with E-state index in [-0.39, 0.29) is 5.84 Å². The number of amidine groups is 1. The lowest BCUT2D eigenvalue weighted by Gasteiger charge is -2.26. The molecule has 1 saturated heterocycles. The lowest BCUT2D eigenvalue weighted by atomic mass is 9.89. The van der Waals surface area contributed by atoms with Crippen molar-refractivity contribution in [3.05, 3.63) is 0 Å². The molecule has 3 rings (SSSR count). The van der Waals surface area contributed by atoms with Crippen LogP contribution < -0.4 is 10.7 Å². The van der Waals surface area contributed by atoms with Crippen LogP contribution in [0.4, 0.5) is 0 Å². The average molecular weight is 247 g/mol. The van der Waals surface area contributed by atoms with Crippen molar-refractivity contribution in [2.75, 3.05) is 13.2 Å². The highest BCUT2D eigenvalue weighted by molar-refractivity contribution is 5.94. The Labute approximate surface area is 105 Å². The second-order valence-corrected chi connectivity index (χ2v) is 5.26. The lowest BCUT2D eigenvalue weighted by Crippen LogP contribution is -2.90. The van der Waals surface area contributed by atoms with Crippen LogP contribution in [0.15, 0.2) is 0 Å². The van der Waals surface area contributed by atoms with Gasteiger partial charge in [0.15, 0.2) is 10.8 Å². The van der Waals surface area contributed by atoms with Gasteiger partial charge in [0, 0.05) is 5.41 Å². The molecule has 2 heterocycles. The molecule has 0 aromatic rings. The number of nitriles is 2. The molecule has 3 atom stereocenters. The highest BCUT2D eigenvalue weighted by Crippen LogP contribution is 2.83. The van der Waals surface area contributed by atoms with Crippen LogP contribution in [0, 0.1) is 38.9 Å². The Morgan fingerprint density at radius 1 is 1.33 bits per heavy atom. The molecule has 0 unspecified atom stereocenters. The second-order valence-electron chi connectivity index (χ2n) is 5.26. The fourth-order valence-corrected chi connectivity index (χ4v) is 4.04. The van der Waals surface area contributed by atoms with E-state index in [0.717, 1.165) is 0 Å². The number of nitrogens with zero attached hydrogens (tertiary/aromatic N) is 2. The Bertz CT molecular complexity index is 539. The maximum absolute atomic E-state index is 9.70. The minimum atomic E-state index is -1.26. The van der Waals surface area contributed by atoms with Crippen molar-refractivity contribution in [1.29, 1.82) is 10.5 Å². The van der Waals surface area contributed by atoms with E-state index < -0.39 is 22.2 Å². The van der Waals surface area contributed by atoms with Gasteiger partial charge in [0.1, 0.15) is 0 Å². The summed E-state index contributed by atoms with van der Waals surface area (Å²) in [5.41, 5.74) is 3.35. The van der Waals surface area contributed by atoms with Crippen LogP contribution in [0.2, 0.25) is 0 Å². The van der Waals surface area contributed by atoms with Crippen molar-refractivity contribution < 1.29 is 14.5 Å². The number of hydrogen-bond acceptors (Lipinski definition) is 5. The number of rotatable bonds is 1. The summed E-state index contributed by atoms with van der Waals surface area (Å²) in [6, 6.07) is 4.52. The Hall–Kier alpha value is -1.63. The summed E-state index contributed by atoms with van der Waals surface area (Å²) in [6.07, 6.45) is 0.658. The molecule has 0 aromatic heterocycles. The molecule has 0 radical (unpaired) electrons. The highest BCUT2D eigenvalue weighted by Gasteiger charge is 3.02. The van der Waals surface area contributed by atoms with Crippen molar-refractivity contribution in [2.45, 2.75) is 26.2 Å².